The van der Waals surface area contributed by atoms with Gasteiger partial charge in [-0.25, -0.2) is 4.79 Å². The van der Waals surface area contributed by atoms with Crippen LogP contribution < -0.4 is 0 Å². The summed E-state index contributed by atoms with van der Waals surface area (Å²) in [4.78, 5) is 12.4. The second kappa shape index (κ2) is 7.73. The predicted octanol–water partition coefficient (Wildman–Crippen LogP) is 4.90. The number of cyclic esters (lactones) is 1. The van der Waals surface area contributed by atoms with Crippen molar-refractivity contribution in [3.05, 3.63) is 23.8 Å². The van der Waals surface area contributed by atoms with Crippen molar-refractivity contribution < 1.29 is 19.7 Å². The minimum absolute atomic E-state index is 0.0757. The fourth-order valence-corrected chi connectivity index (χ4v) is 8.34. The Hall–Kier alpha value is -1.13. The second-order valence-corrected chi connectivity index (χ2v) is 11.8. The van der Waals surface area contributed by atoms with Crippen molar-refractivity contribution in [1.82, 2.24) is 0 Å². The molecule has 0 spiro atoms. The molecule has 4 heteroatoms. The van der Waals surface area contributed by atoms with Gasteiger partial charge < -0.3 is 14.9 Å². The molecular formula is C27H42O4. The standard InChI is InChI=1S/C27H42O4/c1-8-18-12-26(7)13-20-15(4)9-10-21-17(6)31-25(29)24(28)27(21,30)16(5)19(20)11-22(26)23(18)14(2)3/h9,14,17-24,28,30H,5,8,10-13H2,1-4,6-7H3/b15-9-. The number of carbonyl (C=O) groups is 1. The number of hydrogen-bond acceptors (Lipinski definition) is 4. The molecule has 10 unspecified atom stereocenters. The molecule has 2 saturated carbocycles. The van der Waals surface area contributed by atoms with Crippen LogP contribution >= 0.6 is 0 Å². The number of rotatable bonds is 2. The lowest BCUT2D eigenvalue weighted by atomic mass is 9.53. The molecule has 0 bridgehead atoms. The Morgan fingerprint density at radius 1 is 1.26 bits per heavy atom. The zero-order valence-corrected chi connectivity index (χ0v) is 20.2. The first-order chi connectivity index (χ1) is 14.5. The molecule has 4 nitrogen and oxygen atoms in total. The van der Waals surface area contributed by atoms with Crippen LogP contribution in [0.25, 0.3) is 0 Å². The zero-order valence-electron chi connectivity index (χ0n) is 20.2. The van der Waals surface area contributed by atoms with E-state index in [0.29, 0.717) is 41.1 Å². The quantitative estimate of drug-likeness (QED) is 0.483. The van der Waals surface area contributed by atoms with E-state index in [1.807, 2.05) is 6.92 Å². The number of aliphatic hydroxyl groups is 2. The van der Waals surface area contributed by atoms with E-state index < -0.39 is 23.8 Å². The molecular weight excluding hydrogens is 388 g/mol. The fourth-order valence-electron chi connectivity index (χ4n) is 8.34. The van der Waals surface area contributed by atoms with Crippen LogP contribution in [0.2, 0.25) is 0 Å². The van der Waals surface area contributed by atoms with Gasteiger partial charge in [-0.2, -0.15) is 0 Å². The van der Waals surface area contributed by atoms with E-state index in [2.05, 4.69) is 47.3 Å². The molecule has 1 saturated heterocycles. The van der Waals surface area contributed by atoms with Crippen molar-refractivity contribution in [2.24, 2.45) is 46.8 Å². The number of carbonyl (C=O) groups excluding carboxylic acids is 1. The minimum atomic E-state index is -1.63. The van der Waals surface area contributed by atoms with Crippen LogP contribution in [0.1, 0.15) is 73.6 Å². The largest absolute Gasteiger partial charge is 0.460 e. The first-order valence-electron chi connectivity index (χ1n) is 12.4. The maximum atomic E-state index is 12.4. The van der Waals surface area contributed by atoms with Gasteiger partial charge in [0.1, 0.15) is 11.7 Å². The number of esters is 1. The maximum absolute atomic E-state index is 12.4. The van der Waals surface area contributed by atoms with Gasteiger partial charge in [0.25, 0.3) is 0 Å². The van der Waals surface area contributed by atoms with Gasteiger partial charge in [0.2, 0.25) is 0 Å². The Balaban J connectivity index is 1.78. The third-order valence-electron chi connectivity index (χ3n) is 9.92. The predicted molar refractivity (Wildman–Crippen MR) is 122 cm³/mol. The van der Waals surface area contributed by atoms with Crippen molar-refractivity contribution in [3.63, 3.8) is 0 Å². The van der Waals surface area contributed by atoms with Gasteiger partial charge in [-0.15, -0.1) is 0 Å². The summed E-state index contributed by atoms with van der Waals surface area (Å²) < 4.78 is 5.39. The molecule has 174 valence electrons. The van der Waals surface area contributed by atoms with Crippen molar-refractivity contribution in [3.8, 4) is 0 Å². The lowest BCUT2D eigenvalue weighted by Gasteiger charge is -2.54. The van der Waals surface area contributed by atoms with Crippen LogP contribution in [-0.2, 0) is 9.53 Å². The highest BCUT2D eigenvalue weighted by Gasteiger charge is 2.61. The smallest absolute Gasteiger partial charge is 0.338 e. The van der Waals surface area contributed by atoms with Crippen molar-refractivity contribution in [2.45, 2.75) is 91.5 Å². The molecule has 31 heavy (non-hydrogen) atoms. The highest BCUT2D eigenvalue weighted by molar-refractivity contribution is 5.78. The SMILES string of the molecule is C=C1C2CC3C(C(C)C)C(CC)CC3(C)CC2/C(C)=C\CC2C(C)OC(=O)C(O)C12O. The zero-order chi connectivity index (χ0) is 22.9. The third-order valence-corrected chi connectivity index (χ3v) is 9.92. The molecule has 0 aromatic heterocycles. The fraction of sp³-hybridized carbons (Fsp3) is 0.815. The van der Waals surface area contributed by atoms with Gasteiger partial charge in [0.05, 0.1) is 0 Å². The van der Waals surface area contributed by atoms with Crippen LogP contribution in [0.4, 0.5) is 0 Å². The summed E-state index contributed by atoms with van der Waals surface area (Å²) in [5, 5.41) is 22.7. The molecule has 4 rings (SSSR count). The minimum Gasteiger partial charge on any atom is -0.460 e. The van der Waals surface area contributed by atoms with Gasteiger partial charge in [0, 0.05) is 5.92 Å². The van der Waals surface area contributed by atoms with E-state index >= 15 is 0 Å². The molecule has 1 heterocycles. The van der Waals surface area contributed by atoms with Crippen LogP contribution in [0.3, 0.4) is 0 Å². The van der Waals surface area contributed by atoms with Gasteiger partial charge in [-0.05, 0) is 86.0 Å². The molecule has 10 atom stereocenters. The molecule has 0 amide bonds. The summed E-state index contributed by atoms with van der Waals surface area (Å²) in [6, 6.07) is 0. The first-order valence-corrected chi connectivity index (χ1v) is 12.4. The molecule has 1 aliphatic heterocycles. The van der Waals surface area contributed by atoms with Crippen LogP contribution in [0, 0.1) is 46.8 Å². The summed E-state index contributed by atoms with van der Waals surface area (Å²) >= 11 is 0. The Labute approximate surface area is 188 Å². The molecule has 2 N–H and O–H groups in total. The third kappa shape index (κ3) is 3.27. The highest BCUT2D eigenvalue weighted by Crippen LogP contribution is 2.65. The molecule has 0 radical (unpaired) electrons. The summed E-state index contributed by atoms with van der Waals surface area (Å²) in [6.45, 7) is 18.0. The van der Waals surface area contributed by atoms with Crippen molar-refractivity contribution in [2.75, 3.05) is 0 Å². The number of ether oxygens (including phenoxy) is 1. The summed E-state index contributed by atoms with van der Waals surface area (Å²) in [5.74, 6) is 1.90. The Bertz CT molecular complexity index is 784. The molecule has 0 aromatic rings. The van der Waals surface area contributed by atoms with Gasteiger partial charge in [-0.1, -0.05) is 52.3 Å². The maximum Gasteiger partial charge on any atom is 0.338 e. The van der Waals surface area contributed by atoms with Crippen LogP contribution in [0.5, 0.6) is 0 Å². The van der Waals surface area contributed by atoms with E-state index in [0.717, 1.165) is 18.8 Å². The highest BCUT2D eigenvalue weighted by atomic mass is 16.6. The number of hydrogen-bond donors (Lipinski definition) is 2. The van der Waals surface area contributed by atoms with Gasteiger partial charge >= 0.3 is 5.97 Å². The molecule has 3 fully saturated rings. The van der Waals surface area contributed by atoms with E-state index in [9.17, 15) is 15.0 Å². The molecule has 0 aromatic carbocycles. The van der Waals surface area contributed by atoms with E-state index in [4.69, 9.17) is 4.74 Å². The summed E-state index contributed by atoms with van der Waals surface area (Å²) in [7, 11) is 0. The second-order valence-electron chi connectivity index (χ2n) is 11.8. The average molecular weight is 431 g/mol. The topological polar surface area (TPSA) is 66.8 Å². The Kier molecular flexibility index (Phi) is 5.74. The van der Waals surface area contributed by atoms with Crippen molar-refractivity contribution in [1.29, 1.82) is 0 Å². The normalized spacial score (nSPS) is 51.7. The van der Waals surface area contributed by atoms with Gasteiger partial charge in [-0.3, -0.25) is 0 Å². The van der Waals surface area contributed by atoms with Gasteiger partial charge in [0.15, 0.2) is 6.10 Å². The number of allylic oxidation sites excluding steroid dienone is 2. The summed E-state index contributed by atoms with van der Waals surface area (Å²) in [6.07, 6.45) is 5.38. The first kappa shape index (κ1) is 23.0. The monoisotopic (exact) mass is 430 g/mol. The van der Waals surface area contributed by atoms with Crippen LogP contribution in [0.15, 0.2) is 23.8 Å². The van der Waals surface area contributed by atoms with E-state index in [1.54, 1.807) is 0 Å². The lowest BCUT2D eigenvalue weighted by molar-refractivity contribution is -0.209. The molecule has 3 aliphatic carbocycles. The van der Waals surface area contributed by atoms with Crippen molar-refractivity contribution >= 4 is 5.97 Å². The molecule has 4 aliphatic rings. The Morgan fingerprint density at radius 2 is 1.94 bits per heavy atom. The average Bonchev–Trinajstić information content (AvgIpc) is 3.01. The Morgan fingerprint density at radius 3 is 2.55 bits per heavy atom. The number of aliphatic hydroxyl groups excluding tert-OH is 1. The van der Waals surface area contributed by atoms with E-state index in [-0.39, 0.29) is 11.8 Å². The van der Waals surface area contributed by atoms with E-state index in [1.165, 1.54) is 18.4 Å². The summed E-state index contributed by atoms with van der Waals surface area (Å²) in [5.41, 5.74) is 0.701. The van der Waals surface area contributed by atoms with Crippen LogP contribution in [-0.4, -0.2) is 34.0 Å². The number of fused-ring (bicyclic) bond motifs is 3. The lowest BCUT2D eigenvalue weighted by Crippen LogP contribution is -2.63.